The number of hydrogen-bond donors (Lipinski definition) is 2. The number of nitrogens with one attached hydrogen (secondary N) is 1. The smallest absolute Gasteiger partial charge is 0.255 e. The summed E-state index contributed by atoms with van der Waals surface area (Å²) in [6.07, 6.45) is 0. The fourth-order valence-electron chi connectivity index (χ4n) is 1.76. The van der Waals surface area contributed by atoms with Gasteiger partial charge in [0.1, 0.15) is 0 Å². The van der Waals surface area contributed by atoms with Gasteiger partial charge in [0.05, 0.1) is 0 Å². The monoisotopic (exact) mass is 230 g/mol. The van der Waals surface area contributed by atoms with Gasteiger partial charge < -0.3 is 5.73 Å². The van der Waals surface area contributed by atoms with Crippen LogP contribution in [-0.2, 0) is 0 Å². The van der Waals surface area contributed by atoms with Gasteiger partial charge in [0.15, 0.2) is 5.82 Å². The van der Waals surface area contributed by atoms with Crippen molar-refractivity contribution in [3.05, 3.63) is 17.5 Å². The summed E-state index contributed by atoms with van der Waals surface area (Å²) >= 11 is 0. The van der Waals surface area contributed by atoms with E-state index in [9.17, 15) is 0 Å². The lowest BCUT2D eigenvalue weighted by molar-refractivity contribution is 0.998. The van der Waals surface area contributed by atoms with E-state index in [1.807, 2.05) is 19.9 Å². The first-order valence-electron chi connectivity index (χ1n) is 5.03. The zero-order valence-corrected chi connectivity index (χ0v) is 9.34. The van der Waals surface area contributed by atoms with Crippen LogP contribution in [0, 0.1) is 13.8 Å². The molecule has 0 bridgehead atoms. The minimum absolute atomic E-state index is 0.175. The molecule has 0 saturated carbocycles. The van der Waals surface area contributed by atoms with E-state index in [0.717, 1.165) is 11.4 Å². The number of nitrogens with two attached hydrogens (primary N) is 1. The second-order valence-corrected chi connectivity index (χ2v) is 3.74. The molecule has 86 valence electrons. The highest BCUT2D eigenvalue weighted by Gasteiger charge is 2.14. The Labute approximate surface area is 95.9 Å². The highest BCUT2D eigenvalue weighted by molar-refractivity contribution is 5.51. The Balaban J connectivity index is 2.31. The molecule has 3 N–H and O–H groups in total. The van der Waals surface area contributed by atoms with Gasteiger partial charge >= 0.3 is 0 Å². The standard InChI is InChI=1S/C9H10N8/c1-4-3-5(2)17-7(14-16-9(17)11-4)6-12-8(10)15-13-6/h3H,1-2H3,(H3,10,12,13,15). The fraction of sp³-hybridized carbons (Fsp3) is 0.222. The van der Waals surface area contributed by atoms with E-state index in [2.05, 4.69) is 30.4 Å². The highest BCUT2D eigenvalue weighted by atomic mass is 15.3. The molecule has 8 nitrogen and oxygen atoms in total. The Morgan fingerprint density at radius 2 is 2.06 bits per heavy atom. The number of fused-ring (bicyclic) bond motifs is 1. The second-order valence-electron chi connectivity index (χ2n) is 3.74. The number of rotatable bonds is 1. The Hall–Kier alpha value is -2.51. The van der Waals surface area contributed by atoms with E-state index >= 15 is 0 Å². The van der Waals surface area contributed by atoms with Crippen molar-refractivity contribution in [2.45, 2.75) is 13.8 Å². The fourth-order valence-corrected chi connectivity index (χ4v) is 1.76. The molecule has 0 aliphatic carbocycles. The maximum atomic E-state index is 5.46. The summed E-state index contributed by atoms with van der Waals surface area (Å²) in [4.78, 5) is 8.31. The SMILES string of the molecule is Cc1cc(C)n2c(-c3nc(N)n[nH]3)nnc2n1. The number of aryl methyl sites for hydroxylation is 2. The van der Waals surface area contributed by atoms with Crippen molar-refractivity contribution in [2.75, 3.05) is 5.73 Å². The van der Waals surface area contributed by atoms with Gasteiger partial charge in [-0.05, 0) is 19.9 Å². The summed E-state index contributed by atoms with van der Waals surface area (Å²) in [5.74, 6) is 1.74. The quantitative estimate of drug-likeness (QED) is 0.613. The predicted octanol–water partition coefficient (Wildman–Crippen LogP) is 0.108. The van der Waals surface area contributed by atoms with Crippen molar-refractivity contribution < 1.29 is 0 Å². The third kappa shape index (κ3) is 1.41. The normalized spacial score (nSPS) is 11.2. The van der Waals surface area contributed by atoms with Crippen LogP contribution in [-0.4, -0.2) is 34.8 Å². The van der Waals surface area contributed by atoms with Crippen LogP contribution in [0.25, 0.3) is 17.4 Å². The van der Waals surface area contributed by atoms with Gasteiger partial charge in [-0.2, -0.15) is 4.98 Å². The van der Waals surface area contributed by atoms with Crippen molar-refractivity contribution >= 4 is 11.7 Å². The Morgan fingerprint density at radius 3 is 2.76 bits per heavy atom. The molecule has 3 rings (SSSR count). The molecule has 0 atom stereocenters. The number of aromatic amines is 1. The molecule has 8 heteroatoms. The Kier molecular flexibility index (Phi) is 1.85. The Morgan fingerprint density at radius 1 is 1.24 bits per heavy atom. The second kappa shape index (κ2) is 3.24. The lowest BCUT2D eigenvalue weighted by Gasteiger charge is -2.01. The summed E-state index contributed by atoms with van der Waals surface area (Å²) < 4.78 is 1.80. The number of nitrogens with zero attached hydrogens (tertiary/aromatic N) is 6. The molecule has 0 saturated heterocycles. The lowest BCUT2D eigenvalue weighted by atomic mass is 10.3. The average Bonchev–Trinajstić information content (AvgIpc) is 2.83. The largest absolute Gasteiger partial charge is 0.366 e. The van der Waals surface area contributed by atoms with Crippen molar-refractivity contribution in [3.8, 4) is 11.6 Å². The first-order chi connectivity index (χ1) is 8.15. The summed E-state index contributed by atoms with van der Waals surface area (Å²) in [5.41, 5.74) is 7.33. The van der Waals surface area contributed by atoms with Crippen molar-refractivity contribution in [3.63, 3.8) is 0 Å². The van der Waals surface area contributed by atoms with Crippen LogP contribution in [0.3, 0.4) is 0 Å². The first-order valence-corrected chi connectivity index (χ1v) is 5.03. The van der Waals surface area contributed by atoms with Gasteiger partial charge in [-0.25, -0.2) is 4.98 Å². The third-order valence-electron chi connectivity index (χ3n) is 2.41. The van der Waals surface area contributed by atoms with Crippen LogP contribution in [0.1, 0.15) is 11.4 Å². The van der Waals surface area contributed by atoms with E-state index < -0.39 is 0 Å². The Bertz CT molecular complexity index is 694. The van der Waals surface area contributed by atoms with Crippen LogP contribution in [0.2, 0.25) is 0 Å². The predicted molar refractivity (Wildman–Crippen MR) is 60.0 cm³/mol. The summed E-state index contributed by atoms with van der Waals surface area (Å²) in [7, 11) is 0. The molecule has 17 heavy (non-hydrogen) atoms. The zero-order valence-electron chi connectivity index (χ0n) is 9.34. The minimum atomic E-state index is 0.175. The number of anilines is 1. The first kappa shape index (κ1) is 9.70. The van der Waals surface area contributed by atoms with Crippen LogP contribution in [0.4, 0.5) is 5.95 Å². The summed E-state index contributed by atoms with van der Waals surface area (Å²) in [5, 5.41) is 14.5. The highest BCUT2D eigenvalue weighted by Crippen LogP contribution is 2.16. The molecule has 0 aromatic carbocycles. The molecule has 0 radical (unpaired) electrons. The van der Waals surface area contributed by atoms with E-state index in [-0.39, 0.29) is 5.95 Å². The van der Waals surface area contributed by atoms with Crippen molar-refractivity contribution in [1.82, 2.24) is 34.8 Å². The van der Waals surface area contributed by atoms with E-state index in [4.69, 9.17) is 5.73 Å². The number of aromatic nitrogens is 7. The van der Waals surface area contributed by atoms with Crippen molar-refractivity contribution in [2.24, 2.45) is 0 Å². The van der Waals surface area contributed by atoms with E-state index in [1.54, 1.807) is 4.40 Å². The van der Waals surface area contributed by atoms with Crippen molar-refractivity contribution in [1.29, 1.82) is 0 Å². The van der Waals surface area contributed by atoms with Gasteiger partial charge in [-0.15, -0.1) is 15.3 Å². The number of H-pyrrole nitrogens is 1. The average molecular weight is 230 g/mol. The molecule has 3 heterocycles. The maximum Gasteiger partial charge on any atom is 0.255 e. The molecule has 0 spiro atoms. The summed E-state index contributed by atoms with van der Waals surface area (Å²) in [6.45, 7) is 3.86. The van der Waals surface area contributed by atoms with Gasteiger partial charge in [-0.1, -0.05) is 0 Å². The van der Waals surface area contributed by atoms with E-state index in [0.29, 0.717) is 17.4 Å². The van der Waals surface area contributed by atoms with E-state index in [1.165, 1.54) is 0 Å². The number of nitrogen functional groups attached to an aromatic ring is 1. The minimum Gasteiger partial charge on any atom is -0.366 e. The van der Waals surface area contributed by atoms with Crippen LogP contribution < -0.4 is 5.73 Å². The van der Waals surface area contributed by atoms with Crippen LogP contribution in [0.5, 0.6) is 0 Å². The van der Waals surface area contributed by atoms with Crippen LogP contribution >= 0.6 is 0 Å². The van der Waals surface area contributed by atoms with Gasteiger partial charge in [-0.3, -0.25) is 9.50 Å². The molecule has 3 aromatic rings. The maximum absolute atomic E-state index is 5.46. The topological polar surface area (TPSA) is 111 Å². The van der Waals surface area contributed by atoms with Crippen LogP contribution in [0.15, 0.2) is 6.07 Å². The molecular formula is C9H10N8. The lowest BCUT2D eigenvalue weighted by Crippen LogP contribution is -1.99. The van der Waals surface area contributed by atoms with Gasteiger partial charge in [0, 0.05) is 11.4 Å². The summed E-state index contributed by atoms with van der Waals surface area (Å²) in [6, 6.07) is 1.94. The molecule has 3 aromatic heterocycles. The molecule has 0 amide bonds. The molecule has 0 fully saturated rings. The third-order valence-corrected chi connectivity index (χ3v) is 2.41. The zero-order chi connectivity index (χ0) is 12.0. The molecule has 0 aliphatic rings. The molecular weight excluding hydrogens is 220 g/mol. The molecule has 0 aliphatic heterocycles. The van der Waals surface area contributed by atoms with Gasteiger partial charge in [0.25, 0.3) is 5.78 Å². The number of hydrogen-bond acceptors (Lipinski definition) is 6. The van der Waals surface area contributed by atoms with Gasteiger partial charge in [0.2, 0.25) is 11.8 Å². The molecule has 0 unspecified atom stereocenters.